The minimum absolute atomic E-state index is 0.185. The summed E-state index contributed by atoms with van der Waals surface area (Å²) in [5, 5.41) is 6.42. The molecule has 0 fully saturated rings. The van der Waals surface area contributed by atoms with E-state index < -0.39 is 0 Å². The lowest BCUT2D eigenvalue weighted by molar-refractivity contribution is 0.0953. The number of rotatable bonds is 7. The van der Waals surface area contributed by atoms with E-state index in [9.17, 15) is 9.59 Å². The third-order valence-electron chi connectivity index (χ3n) is 3.63. The van der Waals surface area contributed by atoms with Gasteiger partial charge >= 0.3 is 0 Å². The van der Waals surface area contributed by atoms with Crippen LogP contribution in [0.15, 0.2) is 42.5 Å². The first kappa shape index (κ1) is 19.3. The zero-order valence-corrected chi connectivity index (χ0v) is 15.5. The number of benzene rings is 2. The lowest BCUT2D eigenvalue weighted by Gasteiger charge is -2.09. The first-order chi connectivity index (χ1) is 12.0. The smallest absolute Gasteiger partial charge is 0.255 e. The van der Waals surface area contributed by atoms with E-state index in [2.05, 4.69) is 17.6 Å². The first-order valence-electron chi connectivity index (χ1n) is 8.16. The van der Waals surface area contributed by atoms with Crippen molar-refractivity contribution >= 4 is 40.7 Å². The van der Waals surface area contributed by atoms with Crippen LogP contribution in [0.5, 0.6) is 0 Å². The highest BCUT2D eigenvalue weighted by Gasteiger charge is 2.12. The van der Waals surface area contributed by atoms with Gasteiger partial charge in [0.05, 0.1) is 10.7 Å². The van der Waals surface area contributed by atoms with Gasteiger partial charge in [0, 0.05) is 22.7 Å². The van der Waals surface area contributed by atoms with Crippen LogP contribution in [0.25, 0.3) is 0 Å². The molecular weight excluding hydrogens is 359 g/mol. The number of amides is 2. The van der Waals surface area contributed by atoms with Crippen molar-refractivity contribution in [3.05, 3.63) is 63.6 Å². The fourth-order valence-electron chi connectivity index (χ4n) is 2.27. The summed E-state index contributed by atoms with van der Waals surface area (Å²) < 4.78 is 0. The standard InChI is InChI=1S/C19H20Cl2N2O2/c1-2-3-4-10-22-18(24)13-6-5-7-14(11-13)19(25)23-17-9-8-15(20)12-16(17)21/h5-9,11-12H,2-4,10H2,1H3,(H,22,24)(H,23,25). The fraction of sp³-hybridized carbons (Fsp3) is 0.263. The number of carbonyl (C=O) groups is 2. The average molecular weight is 379 g/mol. The number of halogens is 2. The molecule has 6 heteroatoms. The Morgan fingerprint density at radius 2 is 1.68 bits per heavy atom. The second kappa shape index (κ2) is 9.44. The Bertz CT molecular complexity index is 763. The Morgan fingerprint density at radius 1 is 0.960 bits per heavy atom. The van der Waals surface area contributed by atoms with E-state index in [4.69, 9.17) is 23.2 Å². The largest absolute Gasteiger partial charge is 0.352 e. The maximum absolute atomic E-state index is 12.4. The van der Waals surface area contributed by atoms with Gasteiger partial charge in [-0.15, -0.1) is 0 Å². The van der Waals surface area contributed by atoms with Gasteiger partial charge in [0.15, 0.2) is 0 Å². The van der Waals surface area contributed by atoms with E-state index in [0.29, 0.717) is 33.4 Å². The summed E-state index contributed by atoms with van der Waals surface area (Å²) in [6.07, 6.45) is 3.11. The summed E-state index contributed by atoms with van der Waals surface area (Å²) in [6.45, 7) is 2.74. The summed E-state index contributed by atoms with van der Waals surface area (Å²) in [5.41, 5.74) is 1.30. The molecule has 2 amide bonds. The molecule has 2 aromatic rings. The molecule has 0 heterocycles. The first-order valence-corrected chi connectivity index (χ1v) is 8.91. The minimum atomic E-state index is -0.343. The molecule has 0 aromatic heterocycles. The van der Waals surface area contributed by atoms with Gasteiger partial charge in [-0.25, -0.2) is 0 Å². The molecule has 0 radical (unpaired) electrons. The van der Waals surface area contributed by atoms with E-state index in [1.807, 2.05) is 0 Å². The number of carbonyl (C=O) groups excluding carboxylic acids is 2. The number of hydrogen-bond donors (Lipinski definition) is 2. The maximum atomic E-state index is 12.4. The molecular formula is C19H20Cl2N2O2. The second-order valence-electron chi connectivity index (χ2n) is 5.62. The van der Waals surface area contributed by atoms with Crippen LogP contribution < -0.4 is 10.6 Å². The number of anilines is 1. The Hall–Kier alpha value is -2.04. The van der Waals surface area contributed by atoms with Crippen LogP contribution in [0.2, 0.25) is 10.0 Å². The molecule has 0 atom stereocenters. The maximum Gasteiger partial charge on any atom is 0.255 e. The quantitative estimate of drug-likeness (QED) is 0.653. The predicted octanol–water partition coefficient (Wildman–Crippen LogP) is 5.17. The Labute approximate surface area is 157 Å². The molecule has 0 unspecified atom stereocenters. The van der Waals surface area contributed by atoms with Gasteiger partial charge in [0.2, 0.25) is 0 Å². The van der Waals surface area contributed by atoms with Crippen LogP contribution in [-0.4, -0.2) is 18.4 Å². The highest BCUT2D eigenvalue weighted by Crippen LogP contribution is 2.25. The molecule has 0 spiro atoms. The molecule has 2 aromatic carbocycles. The molecule has 2 rings (SSSR count). The van der Waals surface area contributed by atoms with Crippen molar-refractivity contribution in [2.45, 2.75) is 26.2 Å². The second-order valence-corrected chi connectivity index (χ2v) is 6.47. The molecule has 0 saturated heterocycles. The van der Waals surface area contributed by atoms with Crippen molar-refractivity contribution in [3.8, 4) is 0 Å². The van der Waals surface area contributed by atoms with Gasteiger partial charge in [-0.1, -0.05) is 49.0 Å². The van der Waals surface area contributed by atoms with E-state index >= 15 is 0 Å². The van der Waals surface area contributed by atoms with E-state index in [-0.39, 0.29) is 11.8 Å². The molecule has 4 nitrogen and oxygen atoms in total. The van der Waals surface area contributed by atoms with Gasteiger partial charge in [0.25, 0.3) is 11.8 Å². The van der Waals surface area contributed by atoms with Crippen LogP contribution in [0.4, 0.5) is 5.69 Å². The predicted molar refractivity (Wildman–Crippen MR) is 103 cm³/mol. The summed E-state index contributed by atoms with van der Waals surface area (Å²) in [5.74, 6) is -0.528. The van der Waals surface area contributed by atoms with E-state index in [0.717, 1.165) is 19.3 Å². The van der Waals surface area contributed by atoms with Crippen molar-refractivity contribution in [1.29, 1.82) is 0 Å². The summed E-state index contributed by atoms with van der Waals surface area (Å²) >= 11 is 11.9. The van der Waals surface area contributed by atoms with Crippen molar-refractivity contribution in [1.82, 2.24) is 5.32 Å². The summed E-state index contributed by atoms with van der Waals surface area (Å²) in [6, 6.07) is 11.4. The van der Waals surface area contributed by atoms with Crippen molar-refractivity contribution in [2.75, 3.05) is 11.9 Å². The monoisotopic (exact) mass is 378 g/mol. The van der Waals surface area contributed by atoms with Gasteiger partial charge in [-0.2, -0.15) is 0 Å². The zero-order chi connectivity index (χ0) is 18.2. The van der Waals surface area contributed by atoms with Gasteiger partial charge in [0.1, 0.15) is 0 Å². The molecule has 0 aliphatic heterocycles. The van der Waals surface area contributed by atoms with Crippen LogP contribution >= 0.6 is 23.2 Å². The molecule has 132 valence electrons. The highest BCUT2D eigenvalue weighted by atomic mass is 35.5. The normalized spacial score (nSPS) is 10.4. The number of nitrogens with one attached hydrogen (secondary N) is 2. The van der Waals surface area contributed by atoms with Gasteiger partial charge < -0.3 is 10.6 Å². The lowest BCUT2D eigenvalue weighted by Crippen LogP contribution is -2.24. The molecule has 0 bridgehead atoms. The highest BCUT2D eigenvalue weighted by molar-refractivity contribution is 6.36. The van der Waals surface area contributed by atoms with Crippen LogP contribution in [0.3, 0.4) is 0 Å². The van der Waals surface area contributed by atoms with E-state index in [1.165, 1.54) is 0 Å². The third-order valence-corrected chi connectivity index (χ3v) is 4.18. The molecule has 0 aliphatic carbocycles. The Morgan fingerprint density at radius 3 is 2.36 bits per heavy atom. The molecule has 2 N–H and O–H groups in total. The van der Waals surface area contributed by atoms with E-state index in [1.54, 1.807) is 42.5 Å². The molecule has 0 saturated carbocycles. The number of unbranched alkanes of at least 4 members (excludes halogenated alkanes) is 2. The molecule has 0 aliphatic rings. The summed E-state index contributed by atoms with van der Waals surface area (Å²) in [4.78, 5) is 24.5. The van der Waals surface area contributed by atoms with Crippen LogP contribution in [0, 0.1) is 0 Å². The van der Waals surface area contributed by atoms with Crippen molar-refractivity contribution < 1.29 is 9.59 Å². The number of hydrogen-bond acceptors (Lipinski definition) is 2. The zero-order valence-electron chi connectivity index (χ0n) is 13.9. The van der Waals surface area contributed by atoms with Crippen LogP contribution in [-0.2, 0) is 0 Å². The third kappa shape index (κ3) is 5.76. The minimum Gasteiger partial charge on any atom is -0.352 e. The Kier molecular flexibility index (Phi) is 7.29. The van der Waals surface area contributed by atoms with Gasteiger partial charge in [-0.3, -0.25) is 9.59 Å². The average Bonchev–Trinajstić information content (AvgIpc) is 2.61. The lowest BCUT2D eigenvalue weighted by atomic mass is 10.1. The Balaban J connectivity index is 2.04. The SMILES string of the molecule is CCCCCNC(=O)c1cccc(C(=O)Nc2ccc(Cl)cc2Cl)c1. The van der Waals surface area contributed by atoms with Crippen molar-refractivity contribution in [2.24, 2.45) is 0 Å². The molecule has 25 heavy (non-hydrogen) atoms. The van der Waals surface area contributed by atoms with Crippen LogP contribution in [0.1, 0.15) is 46.9 Å². The fourth-order valence-corrected chi connectivity index (χ4v) is 2.72. The van der Waals surface area contributed by atoms with Crippen molar-refractivity contribution in [3.63, 3.8) is 0 Å². The summed E-state index contributed by atoms with van der Waals surface area (Å²) in [7, 11) is 0. The topological polar surface area (TPSA) is 58.2 Å². The van der Waals surface area contributed by atoms with Gasteiger partial charge in [-0.05, 0) is 42.8 Å².